The molecule has 64 valence electrons. The Morgan fingerprint density at radius 1 is 1.36 bits per heavy atom. The molecule has 0 aromatic heterocycles. The normalized spacial score (nSPS) is 38.2. The van der Waals surface area contributed by atoms with Crippen LogP contribution in [-0.4, -0.2) is 12.5 Å². The van der Waals surface area contributed by atoms with Crippen LogP contribution in [0.4, 0.5) is 0 Å². The summed E-state index contributed by atoms with van der Waals surface area (Å²) < 4.78 is 0. The SMILES string of the molecule is CC1CCC(NC=O)C(C)C1. The topological polar surface area (TPSA) is 29.1 Å². The van der Waals surface area contributed by atoms with E-state index in [1.165, 1.54) is 12.8 Å². The van der Waals surface area contributed by atoms with E-state index < -0.39 is 0 Å². The number of nitrogens with one attached hydrogen (secondary N) is 1. The van der Waals surface area contributed by atoms with Crippen molar-refractivity contribution in [3.05, 3.63) is 0 Å². The quantitative estimate of drug-likeness (QED) is 0.602. The molecule has 1 aliphatic carbocycles. The summed E-state index contributed by atoms with van der Waals surface area (Å²) in [6.45, 7) is 4.50. The average Bonchev–Trinajstić information content (AvgIpc) is 1.95. The number of rotatable bonds is 2. The van der Waals surface area contributed by atoms with Crippen LogP contribution in [0.5, 0.6) is 0 Å². The lowest BCUT2D eigenvalue weighted by Crippen LogP contribution is -2.38. The molecular weight excluding hydrogens is 138 g/mol. The third-order valence-corrected chi connectivity index (χ3v) is 2.71. The maximum Gasteiger partial charge on any atom is 0.207 e. The Kier molecular flexibility index (Phi) is 2.92. The molecule has 0 aliphatic heterocycles. The van der Waals surface area contributed by atoms with Gasteiger partial charge < -0.3 is 5.32 Å². The maximum atomic E-state index is 10.2. The van der Waals surface area contributed by atoms with Gasteiger partial charge in [0.05, 0.1) is 0 Å². The van der Waals surface area contributed by atoms with Crippen molar-refractivity contribution in [1.29, 1.82) is 0 Å². The van der Waals surface area contributed by atoms with Crippen molar-refractivity contribution in [1.82, 2.24) is 5.32 Å². The first-order chi connectivity index (χ1) is 5.24. The highest BCUT2D eigenvalue weighted by molar-refractivity contribution is 5.46. The molecule has 0 bridgehead atoms. The monoisotopic (exact) mass is 155 g/mol. The summed E-state index contributed by atoms with van der Waals surface area (Å²) in [6, 6.07) is 0.434. The first-order valence-corrected chi connectivity index (χ1v) is 4.43. The van der Waals surface area contributed by atoms with Crippen LogP contribution in [-0.2, 0) is 4.79 Å². The van der Waals surface area contributed by atoms with Gasteiger partial charge in [-0.25, -0.2) is 0 Å². The summed E-state index contributed by atoms with van der Waals surface area (Å²) in [7, 11) is 0. The minimum Gasteiger partial charge on any atom is -0.356 e. The molecule has 0 aromatic carbocycles. The Balaban J connectivity index is 2.37. The number of hydrogen-bond donors (Lipinski definition) is 1. The summed E-state index contributed by atoms with van der Waals surface area (Å²) in [6.07, 6.45) is 4.50. The molecule has 2 nitrogen and oxygen atoms in total. The third kappa shape index (κ3) is 2.21. The molecule has 1 rings (SSSR count). The lowest BCUT2D eigenvalue weighted by Gasteiger charge is -2.31. The molecule has 1 saturated carbocycles. The summed E-state index contributed by atoms with van der Waals surface area (Å²) in [5, 5.41) is 2.87. The summed E-state index contributed by atoms with van der Waals surface area (Å²) >= 11 is 0. The van der Waals surface area contributed by atoms with Crippen LogP contribution in [0.3, 0.4) is 0 Å². The molecule has 1 fully saturated rings. The number of hydrogen-bond acceptors (Lipinski definition) is 1. The van der Waals surface area contributed by atoms with Crippen LogP contribution >= 0.6 is 0 Å². The average molecular weight is 155 g/mol. The first-order valence-electron chi connectivity index (χ1n) is 4.43. The second-order valence-electron chi connectivity index (χ2n) is 3.79. The van der Waals surface area contributed by atoms with Gasteiger partial charge in [-0.3, -0.25) is 4.79 Å². The van der Waals surface area contributed by atoms with Gasteiger partial charge in [0, 0.05) is 6.04 Å². The number of carbonyl (C=O) groups is 1. The van der Waals surface area contributed by atoms with Gasteiger partial charge in [-0.05, 0) is 31.1 Å². The van der Waals surface area contributed by atoms with E-state index in [9.17, 15) is 4.79 Å². The molecule has 0 heterocycles. The summed E-state index contributed by atoms with van der Waals surface area (Å²) in [4.78, 5) is 10.2. The van der Waals surface area contributed by atoms with E-state index in [2.05, 4.69) is 19.2 Å². The molecule has 0 saturated heterocycles. The fourth-order valence-electron chi connectivity index (χ4n) is 2.00. The largest absolute Gasteiger partial charge is 0.356 e. The Morgan fingerprint density at radius 2 is 2.09 bits per heavy atom. The van der Waals surface area contributed by atoms with E-state index in [1.54, 1.807) is 0 Å². The zero-order valence-corrected chi connectivity index (χ0v) is 7.34. The van der Waals surface area contributed by atoms with Gasteiger partial charge in [-0.1, -0.05) is 13.8 Å². The molecule has 1 amide bonds. The molecule has 11 heavy (non-hydrogen) atoms. The molecule has 0 spiro atoms. The molecular formula is C9H17NO. The first kappa shape index (κ1) is 8.57. The van der Waals surface area contributed by atoms with Crippen molar-refractivity contribution in [3.8, 4) is 0 Å². The number of amides is 1. The van der Waals surface area contributed by atoms with Gasteiger partial charge in [-0.15, -0.1) is 0 Å². The lowest BCUT2D eigenvalue weighted by molar-refractivity contribution is -0.110. The van der Waals surface area contributed by atoms with Gasteiger partial charge in [0.25, 0.3) is 0 Å². The van der Waals surface area contributed by atoms with Crippen LogP contribution in [0.25, 0.3) is 0 Å². The molecule has 3 unspecified atom stereocenters. The van der Waals surface area contributed by atoms with Crippen LogP contribution in [0, 0.1) is 11.8 Å². The van der Waals surface area contributed by atoms with E-state index in [-0.39, 0.29) is 0 Å². The smallest absolute Gasteiger partial charge is 0.207 e. The van der Waals surface area contributed by atoms with Gasteiger partial charge in [0.1, 0.15) is 0 Å². The summed E-state index contributed by atoms with van der Waals surface area (Å²) in [5.41, 5.74) is 0. The minimum atomic E-state index is 0.434. The Bertz CT molecular complexity index is 136. The highest BCUT2D eigenvalue weighted by Crippen LogP contribution is 2.28. The van der Waals surface area contributed by atoms with Gasteiger partial charge in [0.2, 0.25) is 6.41 Å². The standard InChI is InChI=1S/C9H17NO/c1-7-3-4-9(10-6-11)8(2)5-7/h6-9H,3-5H2,1-2H3,(H,10,11). The summed E-state index contributed by atoms with van der Waals surface area (Å²) in [5.74, 6) is 1.50. The van der Waals surface area contributed by atoms with Crippen LogP contribution in [0.1, 0.15) is 33.1 Å². The van der Waals surface area contributed by atoms with E-state index in [1.807, 2.05) is 0 Å². The zero-order valence-electron chi connectivity index (χ0n) is 7.34. The predicted octanol–water partition coefficient (Wildman–Crippen LogP) is 1.56. The maximum absolute atomic E-state index is 10.2. The Morgan fingerprint density at radius 3 is 2.64 bits per heavy atom. The highest BCUT2D eigenvalue weighted by atomic mass is 16.1. The van der Waals surface area contributed by atoms with Gasteiger partial charge >= 0.3 is 0 Å². The van der Waals surface area contributed by atoms with Crippen molar-refractivity contribution in [2.45, 2.75) is 39.2 Å². The van der Waals surface area contributed by atoms with E-state index in [0.717, 1.165) is 18.7 Å². The van der Waals surface area contributed by atoms with E-state index in [4.69, 9.17) is 0 Å². The molecule has 2 heteroatoms. The van der Waals surface area contributed by atoms with Gasteiger partial charge in [-0.2, -0.15) is 0 Å². The van der Waals surface area contributed by atoms with E-state index in [0.29, 0.717) is 12.0 Å². The van der Waals surface area contributed by atoms with Crippen LogP contribution in [0.2, 0.25) is 0 Å². The highest BCUT2D eigenvalue weighted by Gasteiger charge is 2.24. The fraction of sp³-hybridized carbons (Fsp3) is 0.889. The molecule has 0 aromatic rings. The van der Waals surface area contributed by atoms with Crippen molar-refractivity contribution < 1.29 is 4.79 Å². The third-order valence-electron chi connectivity index (χ3n) is 2.71. The van der Waals surface area contributed by atoms with Crippen LogP contribution in [0.15, 0.2) is 0 Å². The van der Waals surface area contributed by atoms with Crippen molar-refractivity contribution >= 4 is 6.41 Å². The Hall–Kier alpha value is -0.530. The minimum absolute atomic E-state index is 0.434. The molecule has 3 atom stereocenters. The van der Waals surface area contributed by atoms with Gasteiger partial charge in [0.15, 0.2) is 0 Å². The molecule has 0 radical (unpaired) electrons. The molecule has 1 N–H and O–H groups in total. The lowest BCUT2D eigenvalue weighted by atomic mass is 9.80. The van der Waals surface area contributed by atoms with Crippen LogP contribution < -0.4 is 5.32 Å². The van der Waals surface area contributed by atoms with Crippen molar-refractivity contribution in [3.63, 3.8) is 0 Å². The molecule has 1 aliphatic rings. The number of carbonyl (C=O) groups excluding carboxylic acids is 1. The second kappa shape index (κ2) is 3.74. The Labute approximate surface area is 68.4 Å². The second-order valence-corrected chi connectivity index (χ2v) is 3.79. The zero-order chi connectivity index (χ0) is 8.27. The predicted molar refractivity (Wildman–Crippen MR) is 45.2 cm³/mol. The van der Waals surface area contributed by atoms with E-state index >= 15 is 0 Å². The fourth-order valence-corrected chi connectivity index (χ4v) is 2.00. The van der Waals surface area contributed by atoms with Crippen molar-refractivity contribution in [2.24, 2.45) is 11.8 Å². The van der Waals surface area contributed by atoms with Crippen molar-refractivity contribution in [2.75, 3.05) is 0 Å².